The number of methoxy groups -OCH3 is 1. The number of thiazole rings is 1. The second-order valence-corrected chi connectivity index (χ2v) is 6.61. The van der Waals surface area contributed by atoms with Gasteiger partial charge in [0.1, 0.15) is 17.3 Å². The fourth-order valence-electron chi connectivity index (χ4n) is 2.54. The molecular weight excluding hydrogens is 353 g/mol. The van der Waals surface area contributed by atoms with Gasteiger partial charge in [-0.2, -0.15) is 0 Å². The first-order valence-electron chi connectivity index (χ1n) is 7.82. The van der Waals surface area contributed by atoms with Gasteiger partial charge in [-0.15, -0.1) is 0 Å². The summed E-state index contributed by atoms with van der Waals surface area (Å²) in [7, 11) is 1.63. The molecule has 0 saturated carbocycles. The van der Waals surface area contributed by atoms with Crippen molar-refractivity contribution >= 4 is 27.9 Å². The Balaban J connectivity index is 1.57. The molecule has 0 radical (unpaired) electrons. The van der Waals surface area contributed by atoms with Gasteiger partial charge in [0, 0.05) is 18.1 Å². The molecule has 4 rings (SSSR count). The molecule has 1 N–H and O–H groups in total. The zero-order chi connectivity index (χ0) is 18.1. The van der Waals surface area contributed by atoms with Crippen LogP contribution in [0.3, 0.4) is 0 Å². The van der Waals surface area contributed by atoms with E-state index in [0.29, 0.717) is 16.3 Å². The van der Waals surface area contributed by atoms with E-state index in [0.717, 1.165) is 16.2 Å². The molecule has 2 aromatic heterocycles. The van der Waals surface area contributed by atoms with Gasteiger partial charge < -0.3 is 10.1 Å². The first kappa shape index (κ1) is 16.3. The molecule has 4 aromatic rings. The number of amides is 1. The molecule has 0 saturated heterocycles. The number of carbonyl (C=O) groups excluding carboxylic acids is 1. The van der Waals surface area contributed by atoms with Gasteiger partial charge in [-0.05, 0) is 42.0 Å². The fraction of sp³-hybridized carbons (Fsp3) is 0.0526. The number of hydrogen-bond donors (Lipinski definition) is 1. The molecule has 1 amide bonds. The Morgan fingerprint density at radius 3 is 2.73 bits per heavy atom. The predicted molar refractivity (Wildman–Crippen MR) is 99.4 cm³/mol. The smallest absolute Gasteiger partial charge is 0.275 e. The lowest BCUT2D eigenvalue weighted by Gasteiger charge is -2.02. The highest BCUT2D eigenvalue weighted by molar-refractivity contribution is 7.20. The van der Waals surface area contributed by atoms with Crippen LogP contribution >= 0.6 is 11.3 Å². The maximum absolute atomic E-state index is 12.9. The Bertz CT molecular complexity index is 1050. The summed E-state index contributed by atoms with van der Waals surface area (Å²) in [5, 5.41) is 2.70. The van der Waals surface area contributed by atoms with E-state index in [1.165, 1.54) is 35.6 Å². The first-order valence-corrected chi connectivity index (χ1v) is 8.64. The van der Waals surface area contributed by atoms with Gasteiger partial charge in [-0.1, -0.05) is 23.5 Å². The monoisotopic (exact) mass is 367 g/mol. The van der Waals surface area contributed by atoms with Gasteiger partial charge in [0.25, 0.3) is 5.91 Å². The summed E-state index contributed by atoms with van der Waals surface area (Å²) in [6.07, 6.45) is 3.60. The quantitative estimate of drug-likeness (QED) is 0.579. The van der Waals surface area contributed by atoms with Gasteiger partial charge in [-0.25, -0.2) is 9.37 Å². The first-order chi connectivity index (χ1) is 12.6. The van der Waals surface area contributed by atoms with E-state index in [1.807, 2.05) is 34.9 Å². The van der Waals surface area contributed by atoms with Gasteiger partial charge in [-0.3, -0.25) is 9.20 Å². The SMILES string of the molecule is COc1cccc(-c2cn3cc(C(=O)Nc4ccc(F)cc4)nc3s2)c1. The zero-order valence-electron chi connectivity index (χ0n) is 13.8. The van der Waals surface area contributed by atoms with Crippen LogP contribution in [0.25, 0.3) is 15.4 Å². The lowest BCUT2D eigenvalue weighted by molar-refractivity contribution is 0.102. The Morgan fingerprint density at radius 1 is 1.19 bits per heavy atom. The molecule has 26 heavy (non-hydrogen) atoms. The highest BCUT2D eigenvalue weighted by atomic mass is 32.1. The van der Waals surface area contributed by atoms with Crippen molar-refractivity contribution in [1.82, 2.24) is 9.38 Å². The van der Waals surface area contributed by atoms with Crippen LogP contribution in [0.2, 0.25) is 0 Å². The number of nitrogens with zero attached hydrogens (tertiary/aromatic N) is 2. The topological polar surface area (TPSA) is 55.6 Å². The van der Waals surface area contributed by atoms with Crippen molar-refractivity contribution in [1.29, 1.82) is 0 Å². The minimum atomic E-state index is -0.351. The van der Waals surface area contributed by atoms with Gasteiger partial charge >= 0.3 is 0 Å². The Kier molecular flexibility index (Phi) is 4.14. The number of imidazole rings is 1. The van der Waals surface area contributed by atoms with E-state index in [4.69, 9.17) is 4.74 Å². The summed E-state index contributed by atoms with van der Waals surface area (Å²) < 4.78 is 20.0. The fourth-order valence-corrected chi connectivity index (χ4v) is 3.51. The molecule has 0 spiro atoms. The molecule has 0 aliphatic heterocycles. The average Bonchev–Trinajstić information content (AvgIpc) is 3.23. The summed E-state index contributed by atoms with van der Waals surface area (Å²) in [4.78, 5) is 18.4. The van der Waals surface area contributed by atoms with Gasteiger partial charge in [0.15, 0.2) is 4.96 Å². The minimum Gasteiger partial charge on any atom is -0.497 e. The number of aromatic nitrogens is 2. The Labute approximate surface area is 152 Å². The molecule has 2 heterocycles. The lowest BCUT2D eigenvalue weighted by atomic mass is 10.2. The minimum absolute atomic E-state index is 0.303. The van der Waals surface area contributed by atoms with E-state index >= 15 is 0 Å². The summed E-state index contributed by atoms with van der Waals surface area (Å²) in [5.74, 6) is 0.0962. The van der Waals surface area contributed by atoms with Crippen LogP contribution in [0.15, 0.2) is 60.9 Å². The number of carbonyl (C=O) groups is 1. The van der Waals surface area contributed by atoms with Crippen molar-refractivity contribution in [2.45, 2.75) is 0 Å². The number of rotatable bonds is 4. The van der Waals surface area contributed by atoms with Crippen LogP contribution in [0, 0.1) is 5.82 Å². The molecule has 5 nitrogen and oxygen atoms in total. The molecular formula is C19H14FN3O2S. The highest BCUT2D eigenvalue weighted by Crippen LogP contribution is 2.30. The lowest BCUT2D eigenvalue weighted by Crippen LogP contribution is -2.12. The highest BCUT2D eigenvalue weighted by Gasteiger charge is 2.14. The molecule has 2 aromatic carbocycles. The van der Waals surface area contributed by atoms with Crippen LogP contribution in [0.1, 0.15) is 10.5 Å². The Morgan fingerprint density at radius 2 is 2.00 bits per heavy atom. The van der Waals surface area contributed by atoms with Crippen LogP contribution in [0.5, 0.6) is 5.75 Å². The third-order valence-corrected chi connectivity index (χ3v) is 4.89. The number of benzene rings is 2. The number of ether oxygens (including phenoxy) is 1. The zero-order valence-corrected chi connectivity index (χ0v) is 14.6. The average molecular weight is 367 g/mol. The third-order valence-electron chi connectivity index (χ3n) is 3.84. The number of anilines is 1. The summed E-state index contributed by atoms with van der Waals surface area (Å²) in [5.41, 5.74) is 1.85. The maximum atomic E-state index is 12.9. The van der Waals surface area contributed by atoms with Crippen molar-refractivity contribution in [2.75, 3.05) is 12.4 Å². The van der Waals surface area contributed by atoms with Gasteiger partial charge in [0.05, 0.1) is 12.0 Å². The van der Waals surface area contributed by atoms with Crippen molar-refractivity contribution < 1.29 is 13.9 Å². The molecule has 0 bridgehead atoms. The summed E-state index contributed by atoms with van der Waals surface area (Å²) >= 11 is 1.48. The van der Waals surface area contributed by atoms with E-state index in [9.17, 15) is 9.18 Å². The number of halogens is 1. The van der Waals surface area contributed by atoms with Crippen molar-refractivity contribution in [3.8, 4) is 16.2 Å². The van der Waals surface area contributed by atoms with E-state index in [2.05, 4.69) is 10.3 Å². The van der Waals surface area contributed by atoms with Crippen molar-refractivity contribution in [3.63, 3.8) is 0 Å². The second kappa shape index (κ2) is 6.61. The van der Waals surface area contributed by atoms with Gasteiger partial charge in [0.2, 0.25) is 0 Å². The third kappa shape index (κ3) is 3.16. The number of hydrogen-bond acceptors (Lipinski definition) is 4. The normalized spacial score (nSPS) is 10.8. The van der Waals surface area contributed by atoms with Crippen molar-refractivity contribution in [3.05, 3.63) is 72.4 Å². The van der Waals surface area contributed by atoms with E-state index < -0.39 is 0 Å². The standard InChI is InChI=1S/C19H14FN3O2S/c1-25-15-4-2-3-12(9-15)17-11-23-10-16(22-19(23)26-17)18(24)21-14-7-5-13(20)6-8-14/h2-11H,1H3,(H,21,24). The maximum Gasteiger partial charge on any atom is 0.275 e. The molecule has 0 unspecified atom stereocenters. The molecule has 7 heteroatoms. The summed E-state index contributed by atoms with van der Waals surface area (Å²) in [6.45, 7) is 0. The van der Waals surface area contributed by atoms with E-state index in [1.54, 1.807) is 13.3 Å². The van der Waals surface area contributed by atoms with Crippen LogP contribution in [-0.4, -0.2) is 22.4 Å². The molecule has 0 atom stereocenters. The second-order valence-electron chi connectivity index (χ2n) is 5.60. The molecule has 0 aliphatic rings. The molecule has 0 aliphatic carbocycles. The van der Waals surface area contributed by atoms with Crippen LogP contribution < -0.4 is 10.1 Å². The Hall–Kier alpha value is -3.19. The number of fused-ring (bicyclic) bond motifs is 1. The molecule has 0 fully saturated rings. The predicted octanol–water partition coefficient (Wildman–Crippen LogP) is 4.46. The van der Waals surface area contributed by atoms with Crippen molar-refractivity contribution in [2.24, 2.45) is 0 Å². The summed E-state index contributed by atoms with van der Waals surface area (Å²) in [6, 6.07) is 13.4. The van der Waals surface area contributed by atoms with E-state index in [-0.39, 0.29) is 11.7 Å². The van der Waals surface area contributed by atoms with Crippen LogP contribution in [-0.2, 0) is 0 Å². The largest absolute Gasteiger partial charge is 0.497 e. The molecule has 130 valence electrons. The number of nitrogens with one attached hydrogen (secondary N) is 1. The van der Waals surface area contributed by atoms with Crippen LogP contribution in [0.4, 0.5) is 10.1 Å².